The van der Waals surface area contributed by atoms with E-state index in [-0.39, 0.29) is 23.6 Å². The van der Waals surface area contributed by atoms with Crippen LogP contribution in [-0.4, -0.2) is 45.7 Å². The average molecular weight is 392 g/mol. The highest BCUT2D eigenvalue weighted by molar-refractivity contribution is 7.89. The number of aromatic nitrogens is 5. The monoisotopic (exact) mass is 392 g/mol. The number of nitrogens with zero attached hydrogens (tertiary/aromatic N) is 5. The summed E-state index contributed by atoms with van der Waals surface area (Å²) in [6.45, 7) is 9.05. The maximum Gasteiger partial charge on any atom is 0.251 e. The molecule has 1 atom stereocenters. The molecular weight excluding hydrogens is 368 g/mol. The molecule has 0 aliphatic carbocycles. The largest absolute Gasteiger partial charge is 0.419 e. The fraction of sp³-hybridized carbons (Fsp3) is 0.529. The maximum absolute atomic E-state index is 11.5. The second-order valence-corrected chi connectivity index (χ2v) is 9.13. The lowest BCUT2D eigenvalue weighted by molar-refractivity contribution is 0.519. The molecule has 1 N–H and O–H groups in total. The first kappa shape index (κ1) is 19.3. The molecule has 3 heterocycles. The topological polar surface area (TPSA) is 116 Å². The fourth-order valence-electron chi connectivity index (χ4n) is 2.62. The standard InChI is InChI=1S/C17H24N6O3S/c1-6-23-16-12(8-19-23)15(20-11(4)10(2)3)13(7-18-16)17-22-21-14(26-17)9-27(5,24)25/h7-8,10-11H,6,9H2,1-5H3,(H,18,20)/t11-/m1/s1. The molecule has 10 heteroatoms. The summed E-state index contributed by atoms with van der Waals surface area (Å²) in [4.78, 5) is 4.50. The highest BCUT2D eigenvalue weighted by Crippen LogP contribution is 2.34. The quantitative estimate of drug-likeness (QED) is 0.652. The lowest BCUT2D eigenvalue weighted by Gasteiger charge is -2.20. The van der Waals surface area contributed by atoms with Gasteiger partial charge in [0, 0.05) is 25.0 Å². The van der Waals surface area contributed by atoms with E-state index in [0.717, 1.165) is 23.0 Å². The van der Waals surface area contributed by atoms with Gasteiger partial charge in [-0.15, -0.1) is 10.2 Å². The van der Waals surface area contributed by atoms with Gasteiger partial charge in [0.15, 0.2) is 15.5 Å². The first-order chi connectivity index (χ1) is 12.7. The van der Waals surface area contributed by atoms with Crippen molar-refractivity contribution in [1.82, 2.24) is 25.0 Å². The van der Waals surface area contributed by atoms with Gasteiger partial charge in [0.1, 0.15) is 5.75 Å². The van der Waals surface area contributed by atoms with Crippen LogP contribution in [0, 0.1) is 5.92 Å². The Balaban J connectivity index is 2.11. The summed E-state index contributed by atoms with van der Waals surface area (Å²) >= 11 is 0. The number of aryl methyl sites for hydroxylation is 1. The summed E-state index contributed by atoms with van der Waals surface area (Å²) in [6, 6.07) is 0.178. The Kier molecular flexibility index (Phi) is 5.18. The van der Waals surface area contributed by atoms with Crippen LogP contribution < -0.4 is 5.32 Å². The van der Waals surface area contributed by atoms with Gasteiger partial charge >= 0.3 is 0 Å². The molecule has 0 saturated carbocycles. The first-order valence-corrected chi connectivity index (χ1v) is 10.9. The Bertz CT molecular complexity index is 1050. The van der Waals surface area contributed by atoms with Crippen LogP contribution in [0.15, 0.2) is 16.8 Å². The molecule has 0 unspecified atom stereocenters. The second kappa shape index (κ2) is 7.26. The Hall–Kier alpha value is -2.49. The first-order valence-electron chi connectivity index (χ1n) is 8.81. The molecule has 3 aromatic heterocycles. The normalized spacial score (nSPS) is 13.4. The van der Waals surface area contributed by atoms with Gasteiger partial charge in [0.2, 0.25) is 5.89 Å². The van der Waals surface area contributed by atoms with E-state index < -0.39 is 9.84 Å². The SMILES string of the molecule is CCn1ncc2c(N[C@H](C)C(C)C)c(-c3nnc(CS(C)(=O)=O)o3)cnc21. The minimum absolute atomic E-state index is 0.0553. The van der Waals surface area contributed by atoms with E-state index >= 15 is 0 Å². The summed E-state index contributed by atoms with van der Waals surface area (Å²) < 4.78 is 30.4. The maximum atomic E-state index is 11.5. The molecule has 9 nitrogen and oxygen atoms in total. The average Bonchev–Trinajstić information content (AvgIpc) is 3.20. The van der Waals surface area contributed by atoms with Crippen molar-refractivity contribution < 1.29 is 12.8 Å². The van der Waals surface area contributed by atoms with E-state index in [9.17, 15) is 8.42 Å². The van der Waals surface area contributed by atoms with Crippen LogP contribution in [0.2, 0.25) is 0 Å². The van der Waals surface area contributed by atoms with E-state index in [2.05, 4.69) is 46.4 Å². The van der Waals surface area contributed by atoms with Crippen molar-refractivity contribution in [2.75, 3.05) is 11.6 Å². The van der Waals surface area contributed by atoms with Gasteiger partial charge < -0.3 is 9.73 Å². The predicted octanol–water partition coefficient (Wildman–Crippen LogP) is 2.50. The number of nitrogens with one attached hydrogen (secondary N) is 1. The van der Waals surface area contributed by atoms with E-state index in [1.54, 1.807) is 12.4 Å². The van der Waals surface area contributed by atoms with Gasteiger partial charge in [-0.2, -0.15) is 5.10 Å². The number of sulfone groups is 1. The van der Waals surface area contributed by atoms with E-state index in [0.29, 0.717) is 18.0 Å². The third-order valence-corrected chi connectivity index (χ3v) is 5.19. The molecule has 0 aromatic carbocycles. The molecule has 0 aliphatic rings. The second-order valence-electron chi connectivity index (χ2n) is 6.99. The zero-order chi connectivity index (χ0) is 19.8. The molecule has 27 heavy (non-hydrogen) atoms. The minimum Gasteiger partial charge on any atom is -0.419 e. The van der Waals surface area contributed by atoms with Crippen LogP contribution in [0.5, 0.6) is 0 Å². The number of anilines is 1. The number of hydrogen-bond acceptors (Lipinski definition) is 8. The molecule has 0 radical (unpaired) electrons. The molecule has 0 amide bonds. The Labute approximate surface area is 158 Å². The minimum atomic E-state index is -3.26. The van der Waals surface area contributed by atoms with Gasteiger partial charge in [0.25, 0.3) is 5.89 Å². The Morgan fingerprint density at radius 3 is 2.59 bits per heavy atom. The van der Waals surface area contributed by atoms with Crippen LogP contribution in [0.25, 0.3) is 22.5 Å². The zero-order valence-corrected chi connectivity index (χ0v) is 16.9. The summed E-state index contributed by atoms with van der Waals surface area (Å²) in [5, 5.41) is 16.6. The lowest BCUT2D eigenvalue weighted by atomic mass is 10.0. The van der Waals surface area contributed by atoms with Crippen molar-refractivity contribution in [2.24, 2.45) is 5.92 Å². The van der Waals surface area contributed by atoms with E-state index in [4.69, 9.17) is 4.42 Å². The summed E-state index contributed by atoms with van der Waals surface area (Å²) in [7, 11) is -3.26. The number of hydrogen-bond donors (Lipinski definition) is 1. The molecular formula is C17H24N6O3S. The van der Waals surface area contributed by atoms with Crippen molar-refractivity contribution in [3.8, 4) is 11.5 Å². The third kappa shape index (κ3) is 4.10. The van der Waals surface area contributed by atoms with Gasteiger partial charge in [-0.05, 0) is 19.8 Å². The van der Waals surface area contributed by atoms with Crippen molar-refractivity contribution in [3.63, 3.8) is 0 Å². The molecule has 3 rings (SSSR count). The molecule has 3 aromatic rings. The highest BCUT2D eigenvalue weighted by Gasteiger charge is 2.21. The van der Waals surface area contributed by atoms with Crippen molar-refractivity contribution in [3.05, 3.63) is 18.3 Å². The van der Waals surface area contributed by atoms with Crippen LogP contribution >= 0.6 is 0 Å². The lowest BCUT2D eigenvalue weighted by Crippen LogP contribution is -2.22. The third-order valence-electron chi connectivity index (χ3n) is 4.42. The number of rotatable bonds is 7. The fourth-order valence-corrected chi connectivity index (χ4v) is 3.18. The number of pyridine rings is 1. The van der Waals surface area contributed by atoms with Crippen molar-refractivity contribution in [2.45, 2.75) is 46.0 Å². The molecule has 0 saturated heterocycles. The summed E-state index contributed by atoms with van der Waals surface area (Å²) in [5.74, 6) is 0.380. The van der Waals surface area contributed by atoms with Crippen LogP contribution in [0.4, 0.5) is 5.69 Å². The van der Waals surface area contributed by atoms with E-state index in [1.807, 2.05) is 11.6 Å². The van der Waals surface area contributed by atoms with Crippen LogP contribution in [-0.2, 0) is 22.1 Å². The van der Waals surface area contributed by atoms with Gasteiger partial charge in [-0.1, -0.05) is 13.8 Å². The molecule has 0 spiro atoms. The zero-order valence-electron chi connectivity index (χ0n) is 16.1. The molecule has 0 fully saturated rings. The Morgan fingerprint density at radius 1 is 1.22 bits per heavy atom. The Morgan fingerprint density at radius 2 is 1.96 bits per heavy atom. The van der Waals surface area contributed by atoms with Gasteiger partial charge in [-0.25, -0.2) is 18.1 Å². The van der Waals surface area contributed by atoms with Crippen molar-refractivity contribution >= 4 is 26.6 Å². The molecule has 146 valence electrons. The molecule has 0 aliphatic heterocycles. The number of fused-ring (bicyclic) bond motifs is 1. The van der Waals surface area contributed by atoms with Crippen molar-refractivity contribution in [1.29, 1.82) is 0 Å². The van der Waals surface area contributed by atoms with Gasteiger partial charge in [0.05, 0.1) is 22.8 Å². The summed E-state index contributed by atoms with van der Waals surface area (Å²) in [6.07, 6.45) is 4.54. The van der Waals surface area contributed by atoms with E-state index in [1.165, 1.54) is 0 Å². The van der Waals surface area contributed by atoms with Crippen LogP contribution in [0.3, 0.4) is 0 Å². The van der Waals surface area contributed by atoms with Gasteiger partial charge in [-0.3, -0.25) is 0 Å². The predicted molar refractivity (Wildman–Crippen MR) is 103 cm³/mol. The highest BCUT2D eigenvalue weighted by atomic mass is 32.2. The molecule has 0 bridgehead atoms. The smallest absolute Gasteiger partial charge is 0.251 e. The summed E-state index contributed by atoms with van der Waals surface area (Å²) in [5.41, 5.74) is 2.18. The van der Waals surface area contributed by atoms with Crippen LogP contribution in [0.1, 0.15) is 33.6 Å².